The molecule has 0 spiro atoms. The number of para-hydroxylation sites is 1. The lowest BCUT2D eigenvalue weighted by atomic mass is 9.95. The largest absolute Gasteiger partial charge is 0.478 e. The summed E-state index contributed by atoms with van der Waals surface area (Å²) in [5.74, 6) is -0.878. The topological polar surface area (TPSA) is 95.7 Å². The first-order valence-corrected chi connectivity index (χ1v) is 11.0. The van der Waals surface area contributed by atoms with Gasteiger partial charge in [0.15, 0.2) is 0 Å². The normalized spacial score (nSPS) is 13.2. The van der Waals surface area contributed by atoms with E-state index in [2.05, 4.69) is 15.8 Å². The van der Waals surface area contributed by atoms with Gasteiger partial charge in [0.1, 0.15) is 5.00 Å². The van der Waals surface area contributed by atoms with Crippen LogP contribution in [0.15, 0.2) is 41.5 Å². The van der Waals surface area contributed by atoms with Gasteiger partial charge in [-0.25, -0.2) is 15.0 Å². The first-order valence-electron chi connectivity index (χ1n) is 10.2. The van der Waals surface area contributed by atoms with E-state index in [1.54, 1.807) is 29.7 Å². The van der Waals surface area contributed by atoms with E-state index < -0.39 is 12.0 Å². The van der Waals surface area contributed by atoms with Crippen molar-refractivity contribution in [3.63, 3.8) is 0 Å². The number of benzene rings is 1. The molecule has 1 aliphatic carbocycles. The third kappa shape index (κ3) is 4.25. The summed E-state index contributed by atoms with van der Waals surface area (Å²) in [6.07, 6.45) is 5.47. The van der Waals surface area contributed by atoms with Gasteiger partial charge in [-0.05, 0) is 63.3 Å². The summed E-state index contributed by atoms with van der Waals surface area (Å²) >= 11 is 1.57. The number of urea groups is 1. The Hall–Kier alpha value is -3.39. The molecule has 0 unspecified atom stereocenters. The summed E-state index contributed by atoms with van der Waals surface area (Å²) in [5, 5.41) is 17.4. The highest BCUT2D eigenvalue weighted by Gasteiger charge is 2.27. The van der Waals surface area contributed by atoms with Gasteiger partial charge in [-0.3, -0.25) is 0 Å². The number of aromatic nitrogens is 1. The number of hydrogen-bond acceptors (Lipinski definition) is 4. The zero-order valence-electron chi connectivity index (χ0n) is 17.4. The van der Waals surface area contributed by atoms with Crippen LogP contribution in [-0.4, -0.2) is 27.9 Å². The molecule has 7 nitrogen and oxygen atoms in total. The molecule has 0 atom stereocenters. The molecule has 0 saturated carbocycles. The fourth-order valence-electron chi connectivity index (χ4n) is 4.00. The number of aromatic carboxylic acids is 1. The predicted octanol–water partition coefficient (Wildman–Crippen LogP) is 4.89. The molecule has 31 heavy (non-hydrogen) atoms. The zero-order valence-corrected chi connectivity index (χ0v) is 18.3. The van der Waals surface area contributed by atoms with Crippen molar-refractivity contribution in [3.05, 3.63) is 69.4 Å². The van der Waals surface area contributed by atoms with Gasteiger partial charge >= 0.3 is 12.0 Å². The van der Waals surface area contributed by atoms with Crippen molar-refractivity contribution < 1.29 is 14.7 Å². The average molecular weight is 437 g/mol. The molecule has 0 fully saturated rings. The van der Waals surface area contributed by atoms with Crippen LogP contribution in [0.2, 0.25) is 0 Å². The van der Waals surface area contributed by atoms with Gasteiger partial charge < -0.3 is 15.0 Å². The van der Waals surface area contributed by atoms with Crippen molar-refractivity contribution in [2.24, 2.45) is 5.10 Å². The van der Waals surface area contributed by atoms with Crippen LogP contribution in [0.25, 0.3) is 5.00 Å². The first-order chi connectivity index (χ1) is 15.0. The Morgan fingerprint density at radius 3 is 2.65 bits per heavy atom. The van der Waals surface area contributed by atoms with E-state index in [1.165, 1.54) is 4.88 Å². The van der Waals surface area contributed by atoms with Crippen molar-refractivity contribution in [1.82, 2.24) is 9.99 Å². The molecule has 3 aromatic rings. The Labute approximate surface area is 184 Å². The second-order valence-electron chi connectivity index (χ2n) is 7.55. The second-order valence-corrected chi connectivity index (χ2v) is 8.63. The monoisotopic (exact) mass is 436 g/mol. The molecule has 4 rings (SSSR count). The van der Waals surface area contributed by atoms with Gasteiger partial charge in [-0.1, -0.05) is 18.2 Å². The summed E-state index contributed by atoms with van der Waals surface area (Å²) in [7, 11) is 0. The maximum absolute atomic E-state index is 12.1. The number of anilines is 1. The lowest BCUT2D eigenvalue weighted by Crippen LogP contribution is -2.24. The van der Waals surface area contributed by atoms with E-state index in [0.717, 1.165) is 53.2 Å². The third-order valence-corrected chi connectivity index (χ3v) is 6.72. The second kappa shape index (κ2) is 8.77. The number of nitrogens with zero attached hydrogens (tertiary/aromatic N) is 2. The van der Waals surface area contributed by atoms with Crippen molar-refractivity contribution >= 4 is 35.2 Å². The molecule has 1 aromatic carbocycles. The number of rotatable bonds is 5. The molecule has 2 aromatic heterocycles. The number of carboxylic acids is 1. The van der Waals surface area contributed by atoms with Crippen LogP contribution in [0, 0.1) is 13.8 Å². The van der Waals surface area contributed by atoms with Crippen LogP contribution in [0.4, 0.5) is 10.5 Å². The molecule has 160 valence electrons. The minimum absolute atomic E-state index is 0.422. The van der Waals surface area contributed by atoms with Crippen molar-refractivity contribution in [3.8, 4) is 5.00 Å². The number of thiophene rings is 1. The smallest absolute Gasteiger partial charge is 0.339 e. The van der Waals surface area contributed by atoms with E-state index in [9.17, 15) is 14.7 Å². The minimum Gasteiger partial charge on any atom is -0.478 e. The highest BCUT2D eigenvalue weighted by Crippen LogP contribution is 2.38. The van der Waals surface area contributed by atoms with Crippen LogP contribution < -0.4 is 10.7 Å². The maximum atomic E-state index is 12.1. The Morgan fingerprint density at radius 2 is 1.90 bits per heavy atom. The molecule has 0 saturated heterocycles. The van der Waals surface area contributed by atoms with Gasteiger partial charge in [0.2, 0.25) is 0 Å². The number of carboxylic acid groups (broad SMARTS) is 1. The Kier molecular flexibility index (Phi) is 5.90. The van der Waals surface area contributed by atoms with Gasteiger partial charge in [0.25, 0.3) is 0 Å². The molecule has 0 aliphatic heterocycles. The fraction of sp³-hybridized carbons (Fsp3) is 0.261. The molecule has 1 aliphatic rings. The van der Waals surface area contributed by atoms with Gasteiger partial charge in [0.05, 0.1) is 11.8 Å². The Morgan fingerprint density at radius 1 is 1.16 bits per heavy atom. The molecular weight excluding hydrogens is 412 g/mol. The van der Waals surface area contributed by atoms with E-state index in [4.69, 9.17) is 0 Å². The molecule has 3 N–H and O–H groups in total. The number of amides is 2. The summed E-state index contributed by atoms with van der Waals surface area (Å²) in [6, 6.07) is 10.6. The van der Waals surface area contributed by atoms with E-state index in [0.29, 0.717) is 11.3 Å². The fourth-order valence-corrected chi connectivity index (χ4v) is 5.49. The number of carbonyl (C=O) groups excluding carboxylic acids is 1. The quantitative estimate of drug-likeness (QED) is 0.393. The lowest BCUT2D eigenvalue weighted by Gasteiger charge is -2.11. The van der Waals surface area contributed by atoms with Gasteiger partial charge in [-0.15, -0.1) is 11.3 Å². The first kappa shape index (κ1) is 20.9. The molecule has 0 bridgehead atoms. The Bertz CT molecular complexity index is 1160. The number of fused-ring (bicyclic) bond motifs is 1. The highest BCUT2D eigenvalue weighted by atomic mass is 32.1. The zero-order chi connectivity index (χ0) is 22.0. The van der Waals surface area contributed by atoms with Crippen molar-refractivity contribution in [1.29, 1.82) is 0 Å². The number of aryl methyl sites for hydroxylation is 2. The molecule has 0 radical (unpaired) electrons. The molecule has 2 amide bonds. The number of hydrazone groups is 1. The maximum Gasteiger partial charge on any atom is 0.339 e. The standard InChI is InChI=1S/C23H24N4O3S/c1-14-12-16(13-24-26-23(30)25-17-8-4-3-5-9-17)15(2)27(14)21-20(22(28)29)18-10-6-7-11-19(18)31-21/h3-5,8-9,12-13H,6-7,10-11H2,1-2H3,(H,28,29)(H2,25,26,30)/b24-13+. The van der Waals surface area contributed by atoms with Gasteiger partial charge in [-0.2, -0.15) is 5.10 Å². The van der Waals surface area contributed by atoms with Gasteiger partial charge in [0, 0.05) is 27.5 Å². The minimum atomic E-state index is -0.878. The van der Waals surface area contributed by atoms with E-state index >= 15 is 0 Å². The van der Waals surface area contributed by atoms with Crippen LogP contribution >= 0.6 is 11.3 Å². The van der Waals surface area contributed by atoms with Crippen LogP contribution in [-0.2, 0) is 12.8 Å². The summed E-state index contributed by atoms with van der Waals surface area (Å²) in [6.45, 7) is 3.88. The van der Waals surface area contributed by atoms with E-state index in [1.807, 2.05) is 42.7 Å². The predicted molar refractivity (Wildman–Crippen MR) is 123 cm³/mol. The Balaban J connectivity index is 1.57. The summed E-state index contributed by atoms with van der Waals surface area (Å²) in [4.78, 5) is 25.3. The lowest BCUT2D eigenvalue weighted by molar-refractivity contribution is 0.0696. The van der Waals surface area contributed by atoms with Crippen molar-refractivity contribution in [2.75, 3.05) is 5.32 Å². The SMILES string of the molecule is Cc1cc(/C=N/NC(=O)Nc2ccccc2)c(C)n1-c1sc2c(c1C(=O)O)CCCC2. The number of nitrogens with one attached hydrogen (secondary N) is 2. The molecule has 2 heterocycles. The summed E-state index contributed by atoms with van der Waals surface area (Å²) < 4.78 is 1.98. The molecule has 8 heteroatoms. The van der Waals surface area contributed by atoms with Crippen molar-refractivity contribution in [2.45, 2.75) is 39.5 Å². The number of carbonyl (C=O) groups is 2. The average Bonchev–Trinajstić information content (AvgIpc) is 3.25. The highest BCUT2D eigenvalue weighted by molar-refractivity contribution is 7.15. The van der Waals surface area contributed by atoms with E-state index in [-0.39, 0.29) is 0 Å². The third-order valence-electron chi connectivity index (χ3n) is 5.44. The summed E-state index contributed by atoms with van der Waals surface area (Å²) in [5.41, 5.74) is 7.18. The van der Waals surface area contributed by atoms with Crippen LogP contribution in [0.3, 0.4) is 0 Å². The molecular formula is C23H24N4O3S. The van der Waals surface area contributed by atoms with Crippen LogP contribution in [0.1, 0.15) is 50.6 Å². The van der Waals surface area contributed by atoms with Crippen LogP contribution in [0.5, 0.6) is 0 Å². The number of hydrogen-bond donors (Lipinski definition) is 3.